The molecule has 0 aromatic heterocycles. The summed E-state index contributed by atoms with van der Waals surface area (Å²) in [5, 5.41) is 0. The van der Waals surface area contributed by atoms with Crippen LogP contribution in [-0.4, -0.2) is 55.4 Å². The molecular weight excluding hydrogens is 164 g/mol. The van der Waals surface area contributed by atoms with Gasteiger partial charge in [-0.2, -0.15) is 0 Å². The third-order valence-electron chi connectivity index (χ3n) is 2.61. The van der Waals surface area contributed by atoms with Crippen LogP contribution in [-0.2, 0) is 4.79 Å². The molecule has 1 aliphatic rings. The first-order valence-corrected chi connectivity index (χ1v) is 5.15. The quantitative estimate of drug-likeness (QED) is 0.642. The zero-order valence-corrected chi connectivity index (χ0v) is 8.75. The number of hydrogen-bond donors (Lipinski definition) is 0. The number of carbonyl (C=O) groups is 1. The van der Waals surface area contributed by atoms with Crippen LogP contribution in [0.25, 0.3) is 0 Å². The second kappa shape index (κ2) is 5.35. The van der Waals surface area contributed by atoms with Gasteiger partial charge in [-0.25, -0.2) is 0 Å². The second-order valence-electron chi connectivity index (χ2n) is 3.83. The van der Waals surface area contributed by atoms with E-state index >= 15 is 0 Å². The molecule has 3 nitrogen and oxygen atoms in total. The van der Waals surface area contributed by atoms with Crippen molar-refractivity contribution < 1.29 is 4.79 Å². The van der Waals surface area contributed by atoms with Crippen molar-refractivity contribution in [2.24, 2.45) is 0 Å². The summed E-state index contributed by atoms with van der Waals surface area (Å²) in [6.45, 7) is 6.97. The summed E-state index contributed by atoms with van der Waals surface area (Å²) in [5.74, 6) is 0.365. The molecule has 0 saturated carbocycles. The summed E-state index contributed by atoms with van der Waals surface area (Å²) in [6.07, 6.45) is 1.86. The molecule has 1 saturated heterocycles. The highest BCUT2D eigenvalue weighted by molar-refractivity contribution is 5.80. The number of likely N-dealkylation sites (N-methyl/N-ethyl adjacent to an activating group) is 1. The first-order chi connectivity index (χ1) is 6.22. The Morgan fingerprint density at radius 1 is 1.23 bits per heavy atom. The summed E-state index contributed by atoms with van der Waals surface area (Å²) in [6, 6.07) is 0. The highest BCUT2D eigenvalue weighted by Gasteiger charge is 2.13. The van der Waals surface area contributed by atoms with E-state index in [-0.39, 0.29) is 0 Å². The lowest BCUT2D eigenvalue weighted by Crippen LogP contribution is -2.33. The summed E-state index contributed by atoms with van der Waals surface area (Å²) < 4.78 is 0. The number of rotatable bonds is 3. The highest BCUT2D eigenvalue weighted by Crippen LogP contribution is 2.01. The molecule has 0 amide bonds. The van der Waals surface area contributed by atoms with Crippen molar-refractivity contribution in [2.45, 2.75) is 19.8 Å². The Morgan fingerprint density at radius 2 is 2.00 bits per heavy atom. The minimum atomic E-state index is 0.365. The average Bonchev–Trinajstić information content (AvgIpc) is 2.31. The van der Waals surface area contributed by atoms with E-state index in [0.29, 0.717) is 18.7 Å². The minimum absolute atomic E-state index is 0.365. The molecule has 0 N–H and O–H groups in total. The van der Waals surface area contributed by atoms with Gasteiger partial charge >= 0.3 is 0 Å². The van der Waals surface area contributed by atoms with Gasteiger partial charge in [-0.1, -0.05) is 6.92 Å². The van der Waals surface area contributed by atoms with Crippen LogP contribution in [0.2, 0.25) is 0 Å². The monoisotopic (exact) mass is 184 g/mol. The van der Waals surface area contributed by atoms with Gasteiger partial charge in [-0.3, -0.25) is 9.69 Å². The Bertz CT molecular complexity index is 170. The third kappa shape index (κ3) is 3.87. The normalized spacial score (nSPS) is 21.4. The zero-order chi connectivity index (χ0) is 9.68. The van der Waals surface area contributed by atoms with Crippen molar-refractivity contribution in [3.8, 4) is 0 Å². The van der Waals surface area contributed by atoms with Crippen molar-refractivity contribution in [1.29, 1.82) is 0 Å². The van der Waals surface area contributed by atoms with Crippen LogP contribution in [0.5, 0.6) is 0 Å². The Labute approximate surface area is 80.7 Å². The van der Waals surface area contributed by atoms with Crippen LogP contribution >= 0.6 is 0 Å². The van der Waals surface area contributed by atoms with Gasteiger partial charge in [-0.15, -0.1) is 0 Å². The SMILES string of the molecule is CCC(=O)CN1CCCN(C)CC1. The fourth-order valence-electron chi connectivity index (χ4n) is 1.62. The molecule has 0 bridgehead atoms. The van der Waals surface area contributed by atoms with Gasteiger partial charge in [0.25, 0.3) is 0 Å². The van der Waals surface area contributed by atoms with Gasteiger partial charge in [0.1, 0.15) is 5.78 Å². The average molecular weight is 184 g/mol. The van der Waals surface area contributed by atoms with Crippen LogP contribution in [0.15, 0.2) is 0 Å². The molecule has 1 aliphatic heterocycles. The van der Waals surface area contributed by atoms with Crippen LogP contribution in [0, 0.1) is 0 Å². The van der Waals surface area contributed by atoms with E-state index in [2.05, 4.69) is 16.8 Å². The maximum absolute atomic E-state index is 11.2. The molecule has 0 spiro atoms. The summed E-state index contributed by atoms with van der Waals surface area (Å²) in [5.41, 5.74) is 0. The summed E-state index contributed by atoms with van der Waals surface area (Å²) in [7, 11) is 2.14. The Morgan fingerprint density at radius 3 is 2.69 bits per heavy atom. The minimum Gasteiger partial charge on any atom is -0.305 e. The smallest absolute Gasteiger partial charge is 0.146 e. The highest BCUT2D eigenvalue weighted by atomic mass is 16.1. The lowest BCUT2D eigenvalue weighted by atomic mass is 10.3. The number of Topliss-reactive ketones (excluding diaryl/α,β-unsaturated/α-hetero) is 1. The molecule has 1 rings (SSSR count). The molecular formula is C10H20N2O. The standard InChI is InChI=1S/C10H20N2O/c1-3-10(13)9-12-6-4-5-11(2)7-8-12/h3-9H2,1-2H3. The van der Waals surface area contributed by atoms with Gasteiger partial charge in [-0.05, 0) is 26.6 Å². The van der Waals surface area contributed by atoms with E-state index in [1.165, 1.54) is 6.42 Å². The molecule has 3 heteroatoms. The van der Waals surface area contributed by atoms with Crippen molar-refractivity contribution in [2.75, 3.05) is 39.8 Å². The molecule has 1 heterocycles. The molecule has 0 aromatic carbocycles. The largest absolute Gasteiger partial charge is 0.305 e. The maximum atomic E-state index is 11.2. The van der Waals surface area contributed by atoms with Crippen LogP contribution < -0.4 is 0 Å². The maximum Gasteiger partial charge on any atom is 0.146 e. The molecule has 0 atom stereocenters. The lowest BCUT2D eigenvalue weighted by molar-refractivity contribution is -0.119. The zero-order valence-electron chi connectivity index (χ0n) is 8.75. The van der Waals surface area contributed by atoms with Crippen molar-refractivity contribution in [1.82, 2.24) is 9.80 Å². The molecule has 0 unspecified atom stereocenters. The number of ketones is 1. The molecule has 13 heavy (non-hydrogen) atoms. The van der Waals surface area contributed by atoms with E-state index in [1.807, 2.05) is 6.92 Å². The number of hydrogen-bond acceptors (Lipinski definition) is 3. The summed E-state index contributed by atoms with van der Waals surface area (Å²) >= 11 is 0. The van der Waals surface area contributed by atoms with Crippen LogP contribution in [0.3, 0.4) is 0 Å². The third-order valence-corrected chi connectivity index (χ3v) is 2.61. The van der Waals surface area contributed by atoms with E-state index in [9.17, 15) is 4.79 Å². The molecule has 0 aromatic rings. The topological polar surface area (TPSA) is 23.6 Å². The Kier molecular flexibility index (Phi) is 4.39. The Balaban J connectivity index is 2.29. The second-order valence-corrected chi connectivity index (χ2v) is 3.83. The molecule has 0 aliphatic carbocycles. The van der Waals surface area contributed by atoms with E-state index in [0.717, 1.165) is 26.2 Å². The van der Waals surface area contributed by atoms with Crippen molar-refractivity contribution in [3.05, 3.63) is 0 Å². The lowest BCUT2D eigenvalue weighted by Gasteiger charge is -2.18. The molecule has 76 valence electrons. The van der Waals surface area contributed by atoms with E-state index in [4.69, 9.17) is 0 Å². The van der Waals surface area contributed by atoms with Gasteiger partial charge in [0.05, 0.1) is 6.54 Å². The van der Waals surface area contributed by atoms with Crippen molar-refractivity contribution >= 4 is 5.78 Å². The predicted octanol–water partition coefficient (Wildman–Crippen LogP) is 0.603. The van der Waals surface area contributed by atoms with Gasteiger partial charge in [0.2, 0.25) is 0 Å². The van der Waals surface area contributed by atoms with Gasteiger partial charge in [0.15, 0.2) is 0 Å². The number of carbonyl (C=O) groups excluding carboxylic acids is 1. The first-order valence-electron chi connectivity index (χ1n) is 5.15. The summed E-state index contributed by atoms with van der Waals surface area (Å²) in [4.78, 5) is 15.8. The van der Waals surface area contributed by atoms with Crippen LogP contribution in [0.1, 0.15) is 19.8 Å². The van der Waals surface area contributed by atoms with Gasteiger partial charge < -0.3 is 4.90 Å². The fourth-order valence-corrected chi connectivity index (χ4v) is 1.62. The molecule has 1 fully saturated rings. The van der Waals surface area contributed by atoms with Gasteiger partial charge in [0, 0.05) is 19.5 Å². The predicted molar refractivity (Wildman–Crippen MR) is 53.9 cm³/mol. The van der Waals surface area contributed by atoms with E-state index in [1.54, 1.807) is 0 Å². The van der Waals surface area contributed by atoms with E-state index < -0.39 is 0 Å². The van der Waals surface area contributed by atoms with Crippen LogP contribution in [0.4, 0.5) is 0 Å². The number of nitrogens with zero attached hydrogens (tertiary/aromatic N) is 2. The first kappa shape index (κ1) is 10.7. The molecule has 0 radical (unpaired) electrons. The Hall–Kier alpha value is -0.410. The fraction of sp³-hybridized carbons (Fsp3) is 0.900. The van der Waals surface area contributed by atoms with Crippen molar-refractivity contribution in [3.63, 3.8) is 0 Å².